The second-order valence-electron chi connectivity index (χ2n) is 5.05. The van der Waals surface area contributed by atoms with E-state index < -0.39 is 0 Å². The Labute approximate surface area is 127 Å². The molecule has 0 saturated carbocycles. The molecule has 4 nitrogen and oxygen atoms in total. The van der Waals surface area contributed by atoms with Crippen LogP contribution < -0.4 is 10.1 Å². The molecule has 0 unspecified atom stereocenters. The zero-order valence-corrected chi connectivity index (χ0v) is 13.0. The minimum Gasteiger partial charge on any atom is -0.496 e. The molecule has 0 atom stereocenters. The third kappa shape index (κ3) is 2.74. The van der Waals surface area contributed by atoms with Gasteiger partial charge in [-0.2, -0.15) is 0 Å². The number of nitrogens with one attached hydrogen (secondary N) is 2. The summed E-state index contributed by atoms with van der Waals surface area (Å²) in [5.41, 5.74) is 2.05. The second-order valence-corrected chi connectivity index (χ2v) is 5.97. The summed E-state index contributed by atoms with van der Waals surface area (Å²) in [6, 6.07) is 6.00. The van der Waals surface area contributed by atoms with E-state index in [0.29, 0.717) is 5.92 Å². The molecule has 0 spiro atoms. The smallest absolute Gasteiger partial charge is 0.128 e. The molecular formula is C15H18BrN3O. The fourth-order valence-corrected chi connectivity index (χ4v) is 3.03. The number of hydrogen-bond acceptors (Lipinski definition) is 3. The van der Waals surface area contributed by atoms with Crippen LogP contribution in [0.1, 0.15) is 24.6 Å². The molecule has 2 heterocycles. The number of benzene rings is 1. The molecule has 0 amide bonds. The van der Waals surface area contributed by atoms with Crippen LogP contribution in [-0.4, -0.2) is 30.2 Å². The Morgan fingerprint density at radius 1 is 1.30 bits per heavy atom. The first-order valence-corrected chi connectivity index (χ1v) is 7.67. The van der Waals surface area contributed by atoms with Crippen LogP contribution in [0, 0.1) is 0 Å². The van der Waals surface area contributed by atoms with Crippen molar-refractivity contribution in [3.63, 3.8) is 0 Å². The van der Waals surface area contributed by atoms with E-state index >= 15 is 0 Å². The molecule has 0 aliphatic carbocycles. The monoisotopic (exact) mass is 335 g/mol. The highest BCUT2D eigenvalue weighted by Crippen LogP contribution is 2.33. The summed E-state index contributed by atoms with van der Waals surface area (Å²) in [6.07, 6.45) is 4.19. The summed E-state index contributed by atoms with van der Waals surface area (Å²) in [5.74, 6) is 2.47. The number of piperidine rings is 1. The van der Waals surface area contributed by atoms with E-state index in [1.54, 1.807) is 7.11 Å². The highest BCUT2D eigenvalue weighted by Gasteiger charge is 2.19. The van der Waals surface area contributed by atoms with Crippen molar-refractivity contribution in [2.24, 2.45) is 0 Å². The van der Waals surface area contributed by atoms with Gasteiger partial charge in [0.25, 0.3) is 0 Å². The molecule has 2 aromatic rings. The number of H-pyrrole nitrogens is 1. The van der Waals surface area contributed by atoms with Crippen LogP contribution >= 0.6 is 15.9 Å². The van der Waals surface area contributed by atoms with Gasteiger partial charge in [0, 0.05) is 16.0 Å². The number of methoxy groups -OCH3 is 1. The normalized spacial score (nSPS) is 16.3. The van der Waals surface area contributed by atoms with Crippen LogP contribution in [0.25, 0.3) is 11.3 Å². The minimum absolute atomic E-state index is 0.531. The number of nitrogens with zero attached hydrogens (tertiary/aromatic N) is 1. The number of aromatic nitrogens is 2. The van der Waals surface area contributed by atoms with Gasteiger partial charge in [0.05, 0.1) is 19.0 Å². The Bertz CT molecular complexity index is 591. The van der Waals surface area contributed by atoms with Crippen molar-refractivity contribution in [3.05, 3.63) is 34.7 Å². The van der Waals surface area contributed by atoms with Crippen molar-refractivity contribution < 1.29 is 4.74 Å². The SMILES string of the molecule is COc1ccc(Br)cc1-c1cnc(C2CCNCC2)[nH]1. The number of aromatic amines is 1. The van der Waals surface area contributed by atoms with Crippen LogP contribution in [0.15, 0.2) is 28.9 Å². The lowest BCUT2D eigenvalue weighted by molar-refractivity contribution is 0.416. The van der Waals surface area contributed by atoms with Gasteiger partial charge >= 0.3 is 0 Å². The molecule has 2 N–H and O–H groups in total. The number of hydrogen-bond donors (Lipinski definition) is 2. The maximum absolute atomic E-state index is 5.43. The number of halogens is 1. The molecule has 5 heteroatoms. The van der Waals surface area contributed by atoms with Crippen LogP contribution in [0.4, 0.5) is 0 Å². The third-order valence-corrected chi connectivity index (χ3v) is 4.27. The van der Waals surface area contributed by atoms with Crippen molar-refractivity contribution in [2.45, 2.75) is 18.8 Å². The van der Waals surface area contributed by atoms with Gasteiger partial charge in [-0.15, -0.1) is 0 Å². The fourth-order valence-electron chi connectivity index (χ4n) is 2.67. The van der Waals surface area contributed by atoms with Gasteiger partial charge in [0.2, 0.25) is 0 Å². The molecule has 1 aliphatic heterocycles. The molecule has 3 rings (SSSR count). The third-order valence-electron chi connectivity index (χ3n) is 3.77. The maximum atomic E-state index is 5.43. The molecule has 1 aromatic carbocycles. The summed E-state index contributed by atoms with van der Waals surface area (Å²) in [4.78, 5) is 8.03. The average Bonchev–Trinajstić information content (AvgIpc) is 2.98. The van der Waals surface area contributed by atoms with Crippen molar-refractivity contribution in [1.82, 2.24) is 15.3 Å². The first-order valence-electron chi connectivity index (χ1n) is 6.87. The lowest BCUT2D eigenvalue weighted by Gasteiger charge is -2.20. The summed E-state index contributed by atoms with van der Waals surface area (Å²) in [6.45, 7) is 2.14. The largest absolute Gasteiger partial charge is 0.496 e. The van der Waals surface area contributed by atoms with E-state index in [2.05, 4.69) is 37.3 Å². The second kappa shape index (κ2) is 5.97. The highest BCUT2D eigenvalue weighted by atomic mass is 79.9. The van der Waals surface area contributed by atoms with E-state index in [1.165, 1.54) is 0 Å². The van der Waals surface area contributed by atoms with Crippen LogP contribution in [0.2, 0.25) is 0 Å². The Balaban J connectivity index is 1.91. The van der Waals surface area contributed by atoms with Gasteiger partial charge in [0.15, 0.2) is 0 Å². The first kappa shape index (κ1) is 13.6. The fraction of sp³-hybridized carbons (Fsp3) is 0.400. The highest BCUT2D eigenvalue weighted by molar-refractivity contribution is 9.10. The zero-order valence-electron chi connectivity index (χ0n) is 11.4. The lowest BCUT2D eigenvalue weighted by atomic mass is 9.98. The summed E-state index contributed by atoms with van der Waals surface area (Å²) >= 11 is 3.51. The van der Waals surface area contributed by atoms with E-state index in [-0.39, 0.29) is 0 Å². The molecule has 1 aliphatic rings. The van der Waals surface area contributed by atoms with Gasteiger partial charge < -0.3 is 15.0 Å². The Kier molecular flexibility index (Phi) is 4.08. The number of ether oxygens (including phenoxy) is 1. The van der Waals surface area contributed by atoms with Gasteiger partial charge in [-0.1, -0.05) is 15.9 Å². The van der Waals surface area contributed by atoms with Crippen molar-refractivity contribution in [2.75, 3.05) is 20.2 Å². The summed E-state index contributed by atoms with van der Waals surface area (Å²) < 4.78 is 6.46. The summed E-state index contributed by atoms with van der Waals surface area (Å²) in [7, 11) is 1.69. The Hall–Kier alpha value is -1.33. The lowest BCUT2D eigenvalue weighted by Crippen LogP contribution is -2.27. The van der Waals surface area contributed by atoms with Gasteiger partial charge in [-0.25, -0.2) is 4.98 Å². The molecule has 1 saturated heterocycles. The van der Waals surface area contributed by atoms with Crippen molar-refractivity contribution in [1.29, 1.82) is 0 Å². The van der Waals surface area contributed by atoms with Gasteiger partial charge in [-0.05, 0) is 44.1 Å². The van der Waals surface area contributed by atoms with Crippen LogP contribution in [-0.2, 0) is 0 Å². The quantitative estimate of drug-likeness (QED) is 0.904. The van der Waals surface area contributed by atoms with E-state index in [4.69, 9.17) is 4.74 Å². The standard InChI is InChI=1S/C15H18BrN3O/c1-20-14-3-2-11(16)8-12(14)13-9-18-15(19-13)10-4-6-17-7-5-10/h2-3,8-10,17H,4-7H2,1H3,(H,18,19). The molecule has 0 bridgehead atoms. The predicted octanol–water partition coefficient (Wildman–Crippen LogP) is 3.31. The zero-order chi connectivity index (χ0) is 13.9. The number of imidazole rings is 1. The van der Waals surface area contributed by atoms with Crippen LogP contribution in [0.3, 0.4) is 0 Å². The van der Waals surface area contributed by atoms with E-state index in [0.717, 1.165) is 53.2 Å². The van der Waals surface area contributed by atoms with Crippen molar-refractivity contribution in [3.8, 4) is 17.0 Å². The van der Waals surface area contributed by atoms with Gasteiger partial charge in [0.1, 0.15) is 11.6 Å². The molecular weight excluding hydrogens is 318 g/mol. The maximum Gasteiger partial charge on any atom is 0.128 e. The van der Waals surface area contributed by atoms with Crippen molar-refractivity contribution >= 4 is 15.9 Å². The van der Waals surface area contributed by atoms with Crippen LogP contribution in [0.5, 0.6) is 5.75 Å². The Morgan fingerprint density at radius 3 is 2.85 bits per heavy atom. The average molecular weight is 336 g/mol. The Morgan fingerprint density at radius 2 is 2.10 bits per heavy atom. The van der Waals surface area contributed by atoms with E-state index in [1.807, 2.05) is 18.3 Å². The summed E-state index contributed by atoms with van der Waals surface area (Å²) in [5, 5.41) is 3.38. The molecule has 0 radical (unpaired) electrons. The van der Waals surface area contributed by atoms with E-state index in [9.17, 15) is 0 Å². The molecule has 1 fully saturated rings. The molecule has 1 aromatic heterocycles. The molecule has 106 valence electrons. The topological polar surface area (TPSA) is 49.9 Å². The predicted molar refractivity (Wildman–Crippen MR) is 83.1 cm³/mol. The number of rotatable bonds is 3. The first-order chi connectivity index (χ1) is 9.78. The molecule has 20 heavy (non-hydrogen) atoms. The minimum atomic E-state index is 0.531. The van der Waals surface area contributed by atoms with Gasteiger partial charge in [-0.3, -0.25) is 0 Å².